The highest BCUT2D eigenvalue weighted by atomic mass is 32.2. The van der Waals surface area contributed by atoms with Gasteiger partial charge in [-0.3, -0.25) is 4.72 Å². The van der Waals surface area contributed by atoms with Gasteiger partial charge in [0.05, 0.1) is 11.6 Å². The highest BCUT2D eigenvalue weighted by molar-refractivity contribution is 7.90. The van der Waals surface area contributed by atoms with Crippen LogP contribution >= 0.6 is 0 Å². The summed E-state index contributed by atoms with van der Waals surface area (Å²) in [6, 6.07) is 8.16. The van der Waals surface area contributed by atoms with Crippen LogP contribution in [0.4, 0.5) is 5.69 Å². The van der Waals surface area contributed by atoms with Gasteiger partial charge in [0.2, 0.25) is 0 Å². The van der Waals surface area contributed by atoms with Gasteiger partial charge in [-0.25, -0.2) is 0 Å². The smallest absolute Gasteiger partial charge is 0.271 e. The molecule has 16 heavy (non-hydrogen) atoms. The molecule has 0 fully saturated rings. The number of nitrogens with zero attached hydrogens (tertiary/aromatic N) is 1. The average molecular weight is 239 g/mol. The van der Waals surface area contributed by atoms with Crippen LogP contribution in [0.3, 0.4) is 0 Å². The minimum absolute atomic E-state index is 0.394. The second kappa shape index (κ2) is 5.49. The van der Waals surface area contributed by atoms with Crippen LogP contribution in [-0.4, -0.2) is 15.0 Å². The van der Waals surface area contributed by atoms with Gasteiger partial charge in [-0.1, -0.05) is 6.92 Å². The zero-order chi connectivity index (χ0) is 12.0. The minimum Gasteiger partial charge on any atom is -0.271 e. The molecule has 0 saturated heterocycles. The maximum atomic E-state index is 11.4. The Morgan fingerprint density at radius 3 is 2.44 bits per heavy atom. The van der Waals surface area contributed by atoms with Crippen molar-refractivity contribution in [2.45, 2.75) is 13.3 Å². The van der Waals surface area contributed by atoms with Gasteiger partial charge in [0, 0.05) is 12.2 Å². The normalized spacial score (nSPS) is 10.8. The minimum atomic E-state index is -3.50. The summed E-state index contributed by atoms with van der Waals surface area (Å²) in [5.74, 6) is 0. The van der Waals surface area contributed by atoms with Gasteiger partial charge < -0.3 is 0 Å². The molecular weight excluding hydrogens is 226 g/mol. The van der Waals surface area contributed by atoms with Crippen molar-refractivity contribution in [1.82, 2.24) is 4.72 Å². The molecule has 0 saturated carbocycles. The van der Waals surface area contributed by atoms with Gasteiger partial charge in [-0.2, -0.15) is 18.4 Å². The van der Waals surface area contributed by atoms with Crippen molar-refractivity contribution in [3.63, 3.8) is 0 Å². The molecule has 0 bridgehead atoms. The van der Waals surface area contributed by atoms with Crippen molar-refractivity contribution in [3.8, 4) is 6.07 Å². The Kier molecular flexibility index (Phi) is 4.28. The van der Waals surface area contributed by atoms with E-state index in [0.29, 0.717) is 17.8 Å². The standard InChI is InChI=1S/C10H13N3O2S/c1-2-7-12-16(14,15)13-10-5-3-9(8-11)4-6-10/h3-6,12-13H,2,7H2,1H3. The highest BCUT2D eigenvalue weighted by Crippen LogP contribution is 2.09. The van der Waals surface area contributed by atoms with E-state index >= 15 is 0 Å². The molecule has 0 aliphatic carbocycles. The van der Waals surface area contributed by atoms with Crippen molar-refractivity contribution < 1.29 is 8.42 Å². The van der Waals surface area contributed by atoms with E-state index in [2.05, 4.69) is 9.44 Å². The summed E-state index contributed by atoms with van der Waals surface area (Å²) in [6.07, 6.45) is 0.730. The maximum Gasteiger partial charge on any atom is 0.299 e. The van der Waals surface area contributed by atoms with Crippen molar-refractivity contribution in [2.75, 3.05) is 11.3 Å². The van der Waals surface area contributed by atoms with Gasteiger partial charge in [0.15, 0.2) is 0 Å². The van der Waals surface area contributed by atoms with E-state index in [1.54, 1.807) is 24.3 Å². The first-order chi connectivity index (χ1) is 7.57. The Morgan fingerprint density at radius 2 is 1.94 bits per heavy atom. The van der Waals surface area contributed by atoms with Gasteiger partial charge in [0.25, 0.3) is 10.2 Å². The Balaban J connectivity index is 2.70. The average Bonchev–Trinajstić information content (AvgIpc) is 2.27. The monoisotopic (exact) mass is 239 g/mol. The summed E-state index contributed by atoms with van der Waals surface area (Å²) in [5.41, 5.74) is 0.923. The Hall–Kier alpha value is -1.58. The first kappa shape index (κ1) is 12.5. The summed E-state index contributed by atoms with van der Waals surface area (Å²) < 4.78 is 27.6. The molecule has 0 amide bonds. The summed E-state index contributed by atoms with van der Waals surface area (Å²) in [5, 5.41) is 8.58. The summed E-state index contributed by atoms with van der Waals surface area (Å²) in [4.78, 5) is 0. The molecule has 1 rings (SSSR count). The lowest BCUT2D eigenvalue weighted by molar-refractivity contribution is 0.586. The molecule has 1 aromatic carbocycles. The summed E-state index contributed by atoms with van der Waals surface area (Å²) >= 11 is 0. The molecule has 2 N–H and O–H groups in total. The zero-order valence-corrected chi connectivity index (χ0v) is 9.71. The van der Waals surface area contributed by atoms with E-state index in [1.807, 2.05) is 13.0 Å². The molecule has 0 spiro atoms. The number of hydrogen-bond donors (Lipinski definition) is 2. The van der Waals surface area contributed by atoms with Crippen LogP contribution < -0.4 is 9.44 Å². The number of anilines is 1. The molecular formula is C10H13N3O2S. The first-order valence-electron chi connectivity index (χ1n) is 4.85. The molecule has 0 radical (unpaired) electrons. The van der Waals surface area contributed by atoms with E-state index in [0.717, 1.165) is 6.42 Å². The van der Waals surface area contributed by atoms with Gasteiger partial charge in [-0.05, 0) is 30.7 Å². The second-order valence-electron chi connectivity index (χ2n) is 3.19. The molecule has 6 heteroatoms. The fourth-order valence-corrected chi connectivity index (χ4v) is 2.03. The quantitative estimate of drug-likeness (QED) is 0.810. The Labute approximate surface area is 95.3 Å². The molecule has 5 nitrogen and oxygen atoms in total. The Bertz CT molecular complexity index is 474. The summed E-state index contributed by atoms with van der Waals surface area (Å²) in [6.45, 7) is 2.27. The third-order valence-corrected chi connectivity index (χ3v) is 2.90. The highest BCUT2D eigenvalue weighted by Gasteiger charge is 2.07. The number of rotatable bonds is 5. The van der Waals surface area contributed by atoms with E-state index in [9.17, 15) is 8.42 Å². The van der Waals surface area contributed by atoms with Crippen LogP contribution in [0.15, 0.2) is 24.3 Å². The molecule has 0 unspecified atom stereocenters. The molecule has 1 aromatic rings. The number of hydrogen-bond acceptors (Lipinski definition) is 3. The molecule has 0 atom stereocenters. The maximum absolute atomic E-state index is 11.4. The van der Waals surface area contributed by atoms with E-state index in [-0.39, 0.29) is 0 Å². The third-order valence-electron chi connectivity index (χ3n) is 1.81. The van der Waals surface area contributed by atoms with Crippen molar-refractivity contribution in [2.24, 2.45) is 0 Å². The van der Waals surface area contributed by atoms with Crippen molar-refractivity contribution >= 4 is 15.9 Å². The first-order valence-corrected chi connectivity index (χ1v) is 6.33. The van der Waals surface area contributed by atoms with Crippen LogP contribution in [0.25, 0.3) is 0 Å². The fourth-order valence-electron chi connectivity index (χ4n) is 1.04. The van der Waals surface area contributed by atoms with E-state index in [1.165, 1.54) is 0 Å². The zero-order valence-electron chi connectivity index (χ0n) is 8.90. The topological polar surface area (TPSA) is 82.0 Å². The predicted octanol–water partition coefficient (Wildman–Crippen LogP) is 1.21. The molecule has 86 valence electrons. The van der Waals surface area contributed by atoms with E-state index in [4.69, 9.17) is 5.26 Å². The van der Waals surface area contributed by atoms with Gasteiger partial charge in [-0.15, -0.1) is 0 Å². The summed E-state index contributed by atoms with van der Waals surface area (Å²) in [7, 11) is -3.50. The predicted molar refractivity (Wildman–Crippen MR) is 62.0 cm³/mol. The van der Waals surface area contributed by atoms with Crippen LogP contribution in [0, 0.1) is 11.3 Å². The molecule has 0 aliphatic rings. The lowest BCUT2D eigenvalue weighted by atomic mass is 10.2. The Morgan fingerprint density at radius 1 is 1.31 bits per heavy atom. The third kappa shape index (κ3) is 3.88. The van der Waals surface area contributed by atoms with E-state index < -0.39 is 10.2 Å². The second-order valence-corrected chi connectivity index (χ2v) is 4.69. The van der Waals surface area contributed by atoms with Crippen LogP contribution in [-0.2, 0) is 10.2 Å². The van der Waals surface area contributed by atoms with Gasteiger partial charge >= 0.3 is 0 Å². The fraction of sp³-hybridized carbons (Fsp3) is 0.300. The van der Waals surface area contributed by atoms with Crippen molar-refractivity contribution in [1.29, 1.82) is 5.26 Å². The number of benzene rings is 1. The van der Waals surface area contributed by atoms with Gasteiger partial charge in [0.1, 0.15) is 0 Å². The van der Waals surface area contributed by atoms with Crippen LogP contribution in [0.1, 0.15) is 18.9 Å². The molecule has 0 aromatic heterocycles. The number of nitriles is 1. The SMILES string of the molecule is CCCNS(=O)(=O)Nc1ccc(C#N)cc1. The molecule has 0 aliphatic heterocycles. The number of nitrogens with one attached hydrogen (secondary N) is 2. The molecule has 0 heterocycles. The lowest BCUT2D eigenvalue weighted by Gasteiger charge is -2.08. The van der Waals surface area contributed by atoms with Crippen LogP contribution in [0.2, 0.25) is 0 Å². The van der Waals surface area contributed by atoms with Crippen molar-refractivity contribution in [3.05, 3.63) is 29.8 Å². The van der Waals surface area contributed by atoms with Crippen LogP contribution in [0.5, 0.6) is 0 Å². The lowest BCUT2D eigenvalue weighted by Crippen LogP contribution is -2.30. The largest absolute Gasteiger partial charge is 0.299 e.